The fourth-order valence-electron chi connectivity index (χ4n) is 1.17. The molecule has 2 N–H and O–H groups in total. The van der Waals surface area contributed by atoms with E-state index in [0.717, 1.165) is 0 Å². The lowest BCUT2D eigenvalue weighted by Crippen LogP contribution is -2.47. The third-order valence-electron chi connectivity index (χ3n) is 1.74. The molecule has 14 heavy (non-hydrogen) atoms. The fraction of sp³-hybridized carbons (Fsp3) is 0.800. The molecule has 0 unspecified atom stereocenters. The number of nitrogens with one attached hydrogen (secondary N) is 1. The van der Waals surface area contributed by atoms with Crippen LogP contribution >= 0.6 is 0 Å². The van der Waals surface area contributed by atoms with Crippen LogP contribution in [0.3, 0.4) is 0 Å². The zero-order valence-corrected chi connectivity index (χ0v) is 9.26. The molecule has 0 aliphatic rings. The first kappa shape index (κ1) is 13.1. The number of hydrogen-bond donors (Lipinski definition) is 2. The molecular weight excluding hydrogens is 182 g/mol. The molecule has 0 aromatic carbocycles. The van der Waals surface area contributed by atoms with Gasteiger partial charge in [-0.3, -0.25) is 9.59 Å². The Labute approximate surface area is 84.7 Å². The van der Waals surface area contributed by atoms with E-state index in [-0.39, 0.29) is 23.8 Å². The lowest BCUT2D eigenvalue weighted by Gasteiger charge is -2.26. The Morgan fingerprint density at radius 2 is 1.86 bits per heavy atom. The molecular formula is C10H19NO3. The highest BCUT2D eigenvalue weighted by molar-refractivity contribution is 5.82. The summed E-state index contributed by atoms with van der Waals surface area (Å²) in [5.41, 5.74) is -0.172. The van der Waals surface area contributed by atoms with Gasteiger partial charge in [-0.2, -0.15) is 0 Å². The molecule has 0 aromatic rings. The average Bonchev–Trinajstić information content (AvgIpc) is 1.94. The van der Waals surface area contributed by atoms with E-state index in [1.165, 1.54) is 6.92 Å². The van der Waals surface area contributed by atoms with E-state index in [1.807, 2.05) is 20.8 Å². The zero-order valence-electron chi connectivity index (χ0n) is 9.26. The normalized spacial score (nSPS) is 13.7. The van der Waals surface area contributed by atoms with Gasteiger partial charge in [-0.05, 0) is 34.1 Å². The van der Waals surface area contributed by atoms with E-state index in [9.17, 15) is 9.59 Å². The van der Waals surface area contributed by atoms with Crippen molar-refractivity contribution in [2.75, 3.05) is 0 Å². The van der Waals surface area contributed by atoms with Crippen LogP contribution in [0.4, 0.5) is 0 Å². The van der Waals surface area contributed by atoms with Crippen LogP contribution < -0.4 is 5.32 Å². The van der Waals surface area contributed by atoms with Crippen LogP contribution in [0.15, 0.2) is 0 Å². The van der Waals surface area contributed by atoms with Gasteiger partial charge in [0.25, 0.3) is 0 Å². The summed E-state index contributed by atoms with van der Waals surface area (Å²) >= 11 is 0. The second kappa shape index (κ2) is 5.10. The third kappa shape index (κ3) is 6.60. The van der Waals surface area contributed by atoms with E-state index in [2.05, 4.69) is 5.32 Å². The molecule has 0 rings (SSSR count). The zero-order chi connectivity index (χ0) is 11.4. The van der Waals surface area contributed by atoms with Crippen LogP contribution in [0.1, 0.15) is 40.5 Å². The quantitative estimate of drug-likeness (QED) is 0.701. The maximum atomic E-state index is 11.2. The number of ketones is 1. The van der Waals surface area contributed by atoms with Gasteiger partial charge in [-0.15, -0.1) is 0 Å². The van der Waals surface area contributed by atoms with E-state index in [4.69, 9.17) is 5.11 Å². The average molecular weight is 201 g/mol. The van der Waals surface area contributed by atoms with Crippen molar-refractivity contribution in [2.45, 2.75) is 52.1 Å². The molecule has 0 aliphatic heterocycles. The molecule has 0 bridgehead atoms. The highest BCUT2D eigenvalue weighted by Crippen LogP contribution is 2.06. The van der Waals surface area contributed by atoms with Gasteiger partial charge >= 0.3 is 5.97 Å². The van der Waals surface area contributed by atoms with Crippen molar-refractivity contribution in [3.8, 4) is 0 Å². The lowest BCUT2D eigenvalue weighted by atomic mass is 10.0. The number of aliphatic carboxylic acids is 1. The highest BCUT2D eigenvalue weighted by atomic mass is 16.4. The van der Waals surface area contributed by atoms with Crippen LogP contribution in [0.2, 0.25) is 0 Å². The van der Waals surface area contributed by atoms with Crippen molar-refractivity contribution in [3.05, 3.63) is 0 Å². The second-order valence-electron chi connectivity index (χ2n) is 4.49. The minimum absolute atomic E-state index is 0.0128. The largest absolute Gasteiger partial charge is 0.481 e. The molecule has 0 amide bonds. The Balaban J connectivity index is 4.17. The van der Waals surface area contributed by atoms with Crippen molar-refractivity contribution >= 4 is 11.8 Å². The first-order valence-electron chi connectivity index (χ1n) is 4.72. The third-order valence-corrected chi connectivity index (χ3v) is 1.74. The maximum absolute atomic E-state index is 11.2. The van der Waals surface area contributed by atoms with Gasteiger partial charge in [-0.1, -0.05) is 0 Å². The van der Waals surface area contributed by atoms with Crippen molar-refractivity contribution in [1.29, 1.82) is 0 Å². The van der Waals surface area contributed by atoms with Crippen molar-refractivity contribution in [2.24, 2.45) is 0 Å². The Morgan fingerprint density at radius 3 is 2.14 bits per heavy atom. The number of rotatable bonds is 5. The van der Waals surface area contributed by atoms with Gasteiger partial charge in [0.05, 0.1) is 6.04 Å². The summed E-state index contributed by atoms with van der Waals surface area (Å²) in [6.07, 6.45) is 0.370. The molecule has 1 atom stereocenters. The number of carbonyl (C=O) groups excluding carboxylic acids is 1. The second-order valence-corrected chi connectivity index (χ2v) is 4.49. The summed E-state index contributed by atoms with van der Waals surface area (Å²) in [7, 11) is 0. The molecule has 82 valence electrons. The maximum Gasteiger partial charge on any atom is 0.303 e. The standard InChI is InChI=1S/C10H19NO3/c1-7(12)8(5-6-9(13)14)11-10(2,3)4/h8,11H,5-6H2,1-4H3,(H,13,14)/t8-/m0/s1. The summed E-state index contributed by atoms with van der Waals surface area (Å²) in [4.78, 5) is 21.5. The lowest BCUT2D eigenvalue weighted by molar-refractivity contribution is -0.137. The molecule has 0 heterocycles. The molecule has 4 nitrogen and oxygen atoms in total. The summed E-state index contributed by atoms with van der Waals surface area (Å²) in [6, 6.07) is -0.355. The van der Waals surface area contributed by atoms with Gasteiger partial charge in [-0.25, -0.2) is 0 Å². The smallest absolute Gasteiger partial charge is 0.303 e. The minimum atomic E-state index is -0.869. The Hall–Kier alpha value is -0.900. The molecule has 0 radical (unpaired) electrons. The number of carboxylic acids is 1. The molecule has 0 aromatic heterocycles. The van der Waals surface area contributed by atoms with Crippen LogP contribution in [-0.4, -0.2) is 28.4 Å². The predicted molar refractivity (Wildman–Crippen MR) is 54.2 cm³/mol. The van der Waals surface area contributed by atoms with E-state index >= 15 is 0 Å². The van der Waals surface area contributed by atoms with Crippen molar-refractivity contribution in [3.63, 3.8) is 0 Å². The van der Waals surface area contributed by atoms with Gasteiger partial charge in [0.1, 0.15) is 5.78 Å². The first-order valence-corrected chi connectivity index (χ1v) is 4.72. The van der Waals surface area contributed by atoms with Gasteiger partial charge in [0.15, 0.2) is 0 Å². The van der Waals surface area contributed by atoms with Crippen LogP contribution in [-0.2, 0) is 9.59 Å². The predicted octanol–water partition coefficient (Wildman–Crippen LogP) is 1.20. The number of Topliss-reactive ketones (excluding diaryl/α,β-unsaturated/α-hetero) is 1. The van der Waals surface area contributed by atoms with Crippen LogP contribution in [0, 0.1) is 0 Å². The molecule has 0 saturated heterocycles. The van der Waals surface area contributed by atoms with Gasteiger partial charge in [0, 0.05) is 12.0 Å². The molecule has 0 fully saturated rings. The summed E-state index contributed by atoms with van der Waals surface area (Å²) in [5, 5.41) is 11.6. The number of hydrogen-bond acceptors (Lipinski definition) is 3. The van der Waals surface area contributed by atoms with Crippen LogP contribution in [0.25, 0.3) is 0 Å². The fourth-order valence-corrected chi connectivity index (χ4v) is 1.17. The van der Waals surface area contributed by atoms with Gasteiger partial charge in [0.2, 0.25) is 0 Å². The number of carboxylic acid groups (broad SMARTS) is 1. The Kier molecular flexibility index (Phi) is 4.77. The summed E-state index contributed by atoms with van der Waals surface area (Å²) in [5.74, 6) is -0.881. The summed E-state index contributed by atoms with van der Waals surface area (Å²) in [6.45, 7) is 7.32. The van der Waals surface area contributed by atoms with Gasteiger partial charge < -0.3 is 10.4 Å². The van der Waals surface area contributed by atoms with E-state index in [1.54, 1.807) is 0 Å². The summed E-state index contributed by atoms with van der Waals surface area (Å²) < 4.78 is 0. The molecule has 0 aliphatic carbocycles. The molecule has 0 spiro atoms. The minimum Gasteiger partial charge on any atom is -0.481 e. The number of carbonyl (C=O) groups is 2. The molecule has 4 heteroatoms. The van der Waals surface area contributed by atoms with Crippen molar-refractivity contribution < 1.29 is 14.7 Å². The van der Waals surface area contributed by atoms with Crippen LogP contribution in [0.5, 0.6) is 0 Å². The molecule has 0 saturated carbocycles. The van der Waals surface area contributed by atoms with E-state index < -0.39 is 5.97 Å². The highest BCUT2D eigenvalue weighted by Gasteiger charge is 2.21. The first-order chi connectivity index (χ1) is 6.22. The monoisotopic (exact) mass is 201 g/mol. The Morgan fingerprint density at radius 1 is 1.36 bits per heavy atom. The Bertz CT molecular complexity index is 218. The SMILES string of the molecule is CC(=O)[C@H](CCC(=O)O)NC(C)(C)C. The van der Waals surface area contributed by atoms with E-state index in [0.29, 0.717) is 6.42 Å². The topological polar surface area (TPSA) is 66.4 Å². The van der Waals surface area contributed by atoms with Crippen molar-refractivity contribution in [1.82, 2.24) is 5.32 Å².